The topological polar surface area (TPSA) is 100 Å². The zero-order valence-corrected chi connectivity index (χ0v) is 16.8. The third-order valence-corrected chi connectivity index (χ3v) is 4.40. The van der Waals surface area contributed by atoms with Gasteiger partial charge < -0.3 is 15.0 Å². The van der Waals surface area contributed by atoms with Crippen LogP contribution >= 0.6 is 0 Å². The lowest BCUT2D eigenvalue weighted by Crippen LogP contribution is -2.46. The Labute approximate surface area is 164 Å². The van der Waals surface area contributed by atoms with E-state index in [0.29, 0.717) is 30.9 Å². The Morgan fingerprint density at radius 2 is 2.07 bits per heavy atom. The predicted octanol–water partition coefficient (Wildman–Crippen LogP) is 2.10. The van der Waals surface area contributed by atoms with E-state index in [9.17, 15) is 9.59 Å². The summed E-state index contributed by atoms with van der Waals surface area (Å²) in [7, 11) is 0. The molecule has 2 N–H and O–H groups in total. The second-order valence-corrected chi connectivity index (χ2v) is 8.11. The molecular formula is C20H27N5O3. The molecule has 2 aromatic heterocycles. The zero-order valence-electron chi connectivity index (χ0n) is 16.8. The lowest BCUT2D eigenvalue weighted by Gasteiger charge is -2.30. The van der Waals surface area contributed by atoms with Crippen LogP contribution in [0.2, 0.25) is 0 Å². The van der Waals surface area contributed by atoms with Crippen molar-refractivity contribution in [3.8, 4) is 11.4 Å². The molecule has 1 aliphatic rings. The van der Waals surface area contributed by atoms with Gasteiger partial charge in [0.2, 0.25) is 0 Å². The summed E-state index contributed by atoms with van der Waals surface area (Å²) in [6.07, 6.45) is 3.61. The maximum atomic E-state index is 12.6. The number of fused-ring (bicyclic) bond motifs is 1. The summed E-state index contributed by atoms with van der Waals surface area (Å²) in [6, 6.07) is 3.55. The van der Waals surface area contributed by atoms with Crippen LogP contribution in [0.1, 0.15) is 39.0 Å². The number of ether oxygens (including phenoxy) is 1. The van der Waals surface area contributed by atoms with Crippen molar-refractivity contribution in [1.29, 1.82) is 0 Å². The summed E-state index contributed by atoms with van der Waals surface area (Å²) in [6.45, 7) is 9.34. The summed E-state index contributed by atoms with van der Waals surface area (Å²) in [5.41, 5.74) is 1.72. The van der Waals surface area contributed by atoms with E-state index < -0.39 is 11.7 Å². The number of aromatic amines is 1. The van der Waals surface area contributed by atoms with Crippen molar-refractivity contribution in [3.05, 3.63) is 46.1 Å². The minimum atomic E-state index is -0.528. The van der Waals surface area contributed by atoms with Crippen LogP contribution in [0.15, 0.2) is 29.3 Å². The van der Waals surface area contributed by atoms with Gasteiger partial charge in [-0.05, 0) is 39.8 Å². The van der Waals surface area contributed by atoms with Crippen LogP contribution in [0.5, 0.6) is 0 Å². The van der Waals surface area contributed by atoms with E-state index >= 15 is 0 Å². The van der Waals surface area contributed by atoms with E-state index in [1.807, 2.05) is 39.8 Å². The van der Waals surface area contributed by atoms with E-state index in [0.717, 1.165) is 17.8 Å². The molecule has 1 unspecified atom stereocenters. The van der Waals surface area contributed by atoms with Crippen LogP contribution in [0.4, 0.5) is 4.79 Å². The number of nitrogens with one attached hydrogen (secondary N) is 2. The number of carbonyl (C=O) groups is 1. The Bertz CT molecular complexity index is 889. The molecule has 8 heteroatoms. The number of carbonyl (C=O) groups excluding carboxylic acids is 1. The first kappa shape index (κ1) is 20.0. The van der Waals surface area contributed by atoms with Gasteiger partial charge in [-0.1, -0.05) is 0 Å². The molecule has 0 spiro atoms. The second kappa shape index (κ2) is 8.10. The van der Waals surface area contributed by atoms with Gasteiger partial charge in [0, 0.05) is 50.1 Å². The van der Waals surface area contributed by atoms with Crippen molar-refractivity contribution < 1.29 is 9.53 Å². The Morgan fingerprint density at radius 3 is 2.75 bits per heavy atom. The summed E-state index contributed by atoms with van der Waals surface area (Å²) >= 11 is 0. The SMILES string of the molecule is CC(CN1CCc2nc(-c3ccncc3)[nH]c(=O)c2C1)NC(=O)OC(C)(C)C. The van der Waals surface area contributed by atoms with Gasteiger partial charge in [-0.15, -0.1) is 0 Å². The van der Waals surface area contributed by atoms with Crippen LogP contribution in [-0.4, -0.2) is 50.7 Å². The number of alkyl carbamates (subject to hydrolysis) is 1. The lowest BCUT2D eigenvalue weighted by atomic mass is 10.1. The number of hydrogen-bond donors (Lipinski definition) is 2. The molecule has 8 nitrogen and oxygen atoms in total. The number of rotatable bonds is 4. The van der Waals surface area contributed by atoms with Gasteiger partial charge in [0.05, 0.1) is 11.3 Å². The lowest BCUT2D eigenvalue weighted by molar-refractivity contribution is 0.0495. The van der Waals surface area contributed by atoms with Crippen molar-refractivity contribution in [1.82, 2.24) is 25.2 Å². The highest BCUT2D eigenvalue weighted by Crippen LogP contribution is 2.18. The molecular weight excluding hydrogens is 358 g/mol. The number of nitrogens with zero attached hydrogens (tertiary/aromatic N) is 3. The fourth-order valence-electron chi connectivity index (χ4n) is 3.22. The number of H-pyrrole nitrogens is 1. The Kier molecular flexibility index (Phi) is 5.79. The molecule has 0 bridgehead atoms. The fourth-order valence-corrected chi connectivity index (χ4v) is 3.22. The molecule has 1 atom stereocenters. The normalized spacial score (nSPS) is 15.6. The molecule has 1 aliphatic heterocycles. The van der Waals surface area contributed by atoms with E-state index in [4.69, 9.17) is 4.74 Å². The average Bonchev–Trinajstić information content (AvgIpc) is 2.61. The first-order valence-electron chi connectivity index (χ1n) is 9.45. The highest BCUT2D eigenvalue weighted by molar-refractivity contribution is 5.68. The van der Waals surface area contributed by atoms with Crippen LogP contribution in [0.25, 0.3) is 11.4 Å². The second-order valence-electron chi connectivity index (χ2n) is 8.11. The van der Waals surface area contributed by atoms with Crippen LogP contribution in [-0.2, 0) is 17.7 Å². The molecule has 3 rings (SSSR count). The van der Waals surface area contributed by atoms with Crippen molar-refractivity contribution in [2.24, 2.45) is 0 Å². The average molecular weight is 385 g/mol. The molecule has 0 aromatic carbocycles. The molecule has 150 valence electrons. The van der Waals surface area contributed by atoms with Gasteiger partial charge in [0.1, 0.15) is 11.4 Å². The first-order chi connectivity index (χ1) is 13.2. The molecule has 28 heavy (non-hydrogen) atoms. The molecule has 3 heterocycles. The highest BCUT2D eigenvalue weighted by Gasteiger charge is 2.24. The van der Waals surface area contributed by atoms with Crippen molar-refractivity contribution in [2.75, 3.05) is 13.1 Å². The largest absolute Gasteiger partial charge is 0.444 e. The van der Waals surface area contributed by atoms with Crippen molar-refractivity contribution in [3.63, 3.8) is 0 Å². The van der Waals surface area contributed by atoms with Crippen molar-refractivity contribution >= 4 is 6.09 Å². The van der Waals surface area contributed by atoms with Gasteiger partial charge in [0.25, 0.3) is 5.56 Å². The smallest absolute Gasteiger partial charge is 0.407 e. The summed E-state index contributed by atoms with van der Waals surface area (Å²) in [5, 5.41) is 2.84. The minimum absolute atomic E-state index is 0.0977. The third-order valence-electron chi connectivity index (χ3n) is 4.40. The van der Waals surface area contributed by atoms with Crippen LogP contribution in [0, 0.1) is 0 Å². The number of amides is 1. The summed E-state index contributed by atoms with van der Waals surface area (Å²) in [5.74, 6) is 0.569. The standard InChI is InChI=1S/C20H27N5O3/c1-13(22-19(27)28-20(2,3)4)11-25-10-7-16-15(12-25)18(26)24-17(23-16)14-5-8-21-9-6-14/h5-6,8-9,13H,7,10-12H2,1-4H3,(H,22,27)(H,23,24,26). The Hall–Kier alpha value is -2.74. The molecule has 1 amide bonds. The number of aromatic nitrogens is 3. The van der Waals surface area contributed by atoms with Gasteiger partial charge >= 0.3 is 6.09 Å². The summed E-state index contributed by atoms with van der Waals surface area (Å²) in [4.78, 5) is 38.2. The van der Waals surface area contributed by atoms with Crippen LogP contribution < -0.4 is 10.9 Å². The Morgan fingerprint density at radius 1 is 1.36 bits per heavy atom. The highest BCUT2D eigenvalue weighted by atomic mass is 16.6. The van der Waals surface area contributed by atoms with Crippen molar-refractivity contribution in [2.45, 2.75) is 52.3 Å². The zero-order chi connectivity index (χ0) is 20.3. The quantitative estimate of drug-likeness (QED) is 0.836. The van der Waals surface area contributed by atoms with E-state index in [1.165, 1.54) is 0 Å². The van der Waals surface area contributed by atoms with E-state index in [-0.39, 0.29) is 11.6 Å². The van der Waals surface area contributed by atoms with Gasteiger partial charge in [0.15, 0.2) is 0 Å². The first-order valence-corrected chi connectivity index (χ1v) is 9.45. The predicted molar refractivity (Wildman–Crippen MR) is 106 cm³/mol. The number of hydrogen-bond acceptors (Lipinski definition) is 6. The van der Waals surface area contributed by atoms with Gasteiger partial charge in [-0.25, -0.2) is 9.78 Å². The van der Waals surface area contributed by atoms with Crippen LogP contribution in [0.3, 0.4) is 0 Å². The molecule has 0 aliphatic carbocycles. The van der Waals surface area contributed by atoms with E-state index in [1.54, 1.807) is 12.4 Å². The molecule has 0 saturated heterocycles. The van der Waals surface area contributed by atoms with E-state index in [2.05, 4.69) is 25.2 Å². The Balaban J connectivity index is 1.65. The molecule has 0 saturated carbocycles. The molecule has 0 radical (unpaired) electrons. The van der Waals surface area contributed by atoms with Gasteiger partial charge in [-0.2, -0.15) is 0 Å². The maximum absolute atomic E-state index is 12.6. The minimum Gasteiger partial charge on any atom is -0.444 e. The fraction of sp³-hybridized carbons (Fsp3) is 0.500. The summed E-state index contributed by atoms with van der Waals surface area (Å²) < 4.78 is 5.29. The maximum Gasteiger partial charge on any atom is 0.407 e. The third kappa shape index (κ3) is 5.16. The molecule has 2 aromatic rings. The van der Waals surface area contributed by atoms with Gasteiger partial charge in [-0.3, -0.25) is 14.7 Å². The number of pyridine rings is 1. The molecule has 0 fully saturated rings. The monoisotopic (exact) mass is 385 g/mol.